The molecule has 0 saturated carbocycles. The number of hydrogen-bond acceptors (Lipinski definition) is 5. The van der Waals surface area contributed by atoms with Crippen molar-refractivity contribution >= 4 is 11.7 Å². The number of benzene rings is 3. The molecule has 0 atom stereocenters. The molecule has 0 amide bonds. The highest BCUT2D eigenvalue weighted by molar-refractivity contribution is 5.89. The van der Waals surface area contributed by atoms with Crippen LogP contribution in [0.1, 0.15) is 15.9 Å². The molecule has 0 aliphatic carbocycles. The van der Waals surface area contributed by atoms with Crippen LogP contribution in [-0.2, 0) is 11.3 Å². The number of non-ortho nitro benzene ring substituents is 1. The first kappa shape index (κ1) is 17.2. The molecule has 0 aliphatic heterocycles. The molecule has 3 rings (SSSR count). The van der Waals surface area contributed by atoms with Crippen LogP contribution >= 0.6 is 0 Å². The zero-order valence-electron chi connectivity index (χ0n) is 13.7. The van der Waals surface area contributed by atoms with E-state index in [9.17, 15) is 14.9 Å². The lowest BCUT2D eigenvalue weighted by atomic mass is 10.2. The van der Waals surface area contributed by atoms with Gasteiger partial charge in [-0.3, -0.25) is 10.1 Å². The number of hydrogen-bond donors (Lipinski definition) is 0. The zero-order valence-corrected chi connectivity index (χ0v) is 13.7. The summed E-state index contributed by atoms with van der Waals surface area (Å²) in [6.07, 6.45) is 0. The molecule has 0 heterocycles. The molecule has 0 fully saturated rings. The predicted molar refractivity (Wildman–Crippen MR) is 95.2 cm³/mol. The topological polar surface area (TPSA) is 78.7 Å². The molecule has 0 aliphatic rings. The van der Waals surface area contributed by atoms with E-state index in [2.05, 4.69) is 0 Å². The summed E-state index contributed by atoms with van der Waals surface area (Å²) < 4.78 is 10.9. The van der Waals surface area contributed by atoms with Crippen LogP contribution in [0.2, 0.25) is 0 Å². The smallest absolute Gasteiger partial charge is 0.338 e. The minimum atomic E-state index is -0.473. The van der Waals surface area contributed by atoms with E-state index in [4.69, 9.17) is 9.47 Å². The Morgan fingerprint density at radius 3 is 2.00 bits per heavy atom. The predicted octanol–water partition coefficient (Wildman–Crippen LogP) is 4.74. The molecule has 6 nitrogen and oxygen atoms in total. The van der Waals surface area contributed by atoms with Gasteiger partial charge in [-0.05, 0) is 42.0 Å². The van der Waals surface area contributed by atoms with Gasteiger partial charge in [-0.25, -0.2) is 4.79 Å². The lowest BCUT2D eigenvalue weighted by molar-refractivity contribution is -0.384. The fraction of sp³-hybridized carbons (Fsp3) is 0.0500. The molecular weight excluding hydrogens is 334 g/mol. The van der Waals surface area contributed by atoms with Crippen molar-refractivity contribution in [2.24, 2.45) is 0 Å². The number of nitro groups is 1. The summed E-state index contributed by atoms with van der Waals surface area (Å²) in [5.74, 6) is 0.559. The van der Waals surface area contributed by atoms with Crippen LogP contribution in [-0.4, -0.2) is 10.9 Å². The molecule has 0 N–H and O–H groups in total. The van der Waals surface area contributed by atoms with E-state index < -0.39 is 10.9 Å². The van der Waals surface area contributed by atoms with Crippen molar-refractivity contribution in [1.82, 2.24) is 0 Å². The maximum absolute atomic E-state index is 12.1. The fourth-order valence-corrected chi connectivity index (χ4v) is 2.24. The Morgan fingerprint density at radius 1 is 0.846 bits per heavy atom. The molecule has 0 radical (unpaired) electrons. The van der Waals surface area contributed by atoms with E-state index in [0.29, 0.717) is 17.1 Å². The van der Waals surface area contributed by atoms with E-state index in [-0.39, 0.29) is 12.3 Å². The van der Waals surface area contributed by atoms with Gasteiger partial charge < -0.3 is 9.47 Å². The highest BCUT2D eigenvalue weighted by Crippen LogP contribution is 2.24. The van der Waals surface area contributed by atoms with Crippen LogP contribution in [0.4, 0.5) is 5.69 Å². The Hall–Kier alpha value is -3.67. The second-order valence-corrected chi connectivity index (χ2v) is 5.44. The summed E-state index contributed by atoms with van der Waals surface area (Å²) in [6.45, 7) is 0.209. The minimum Gasteiger partial charge on any atom is -0.457 e. The average Bonchev–Trinajstić information content (AvgIpc) is 2.68. The van der Waals surface area contributed by atoms with E-state index in [1.165, 1.54) is 24.3 Å². The molecule has 0 spiro atoms. The number of ether oxygens (including phenoxy) is 2. The van der Waals surface area contributed by atoms with Crippen molar-refractivity contribution in [3.05, 3.63) is 100 Å². The van der Waals surface area contributed by atoms with Crippen LogP contribution in [0.15, 0.2) is 78.9 Å². The molecule has 26 heavy (non-hydrogen) atoms. The monoisotopic (exact) mass is 349 g/mol. The zero-order chi connectivity index (χ0) is 18.4. The van der Waals surface area contributed by atoms with Crippen LogP contribution < -0.4 is 4.74 Å². The third kappa shape index (κ3) is 4.45. The SMILES string of the molecule is O=C(OCc1ccccc1)c1ccc(Oc2ccc([N+](=O)[O-])cc2)cc1. The van der Waals surface area contributed by atoms with Crippen molar-refractivity contribution < 1.29 is 19.2 Å². The molecule has 0 unspecified atom stereocenters. The van der Waals surface area contributed by atoms with Crippen molar-refractivity contribution in [2.75, 3.05) is 0 Å². The van der Waals surface area contributed by atoms with Gasteiger partial charge in [-0.1, -0.05) is 30.3 Å². The minimum absolute atomic E-state index is 0.00569. The quantitative estimate of drug-likeness (QED) is 0.365. The third-order valence-corrected chi connectivity index (χ3v) is 3.59. The van der Waals surface area contributed by atoms with Crippen molar-refractivity contribution in [1.29, 1.82) is 0 Å². The Kier molecular flexibility index (Phi) is 5.24. The number of esters is 1. The van der Waals surface area contributed by atoms with Gasteiger partial charge in [0.05, 0.1) is 10.5 Å². The summed E-state index contributed by atoms with van der Waals surface area (Å²) in [5.41, 5.74) is 1.32. The van der Waals surface area contributed by atoms with Crippen molar-refractivity contribution in [3.63, 3.8) is 0 Å². The van der Waals surface area contributed by atoms with Gasteiger partial charge in [0.25, 0.3) is 5.69 Å². The van der Waals surface area contributed by atoms with Gasteiger partial charge in [0.1, 0.15) is 18.1 Å². The number of nitro benzene ring substituents is 1. The Bertz CT molecular complexity index is 890. The first-order chi connectivity index (χ1) is 12.6. The third-order valence-electron chi connectivity index (χ3n) is 3.59. The summed E-state index contributed by atoms with van der Waals surface area (Å²) in [4.78, 5) is 22.2. The average molecular weight is 349 g/mol. The second-order valence-electron chi connectivity index (χ2n) is 5.44. The largest absolute Gasteiger partial charge is 0.457 e. The first-order valence-electron chi connectivity index (χ1n) is 7.85. The van der Waals surface area contributed by atoms with Crippen LogP contribution in [0, 0.1) is 10.1 Å². The number of rotatable bonds is 6. The highest BCUT2D eigenvalue weighted by atomic mass is 16.6. The first-order valence-corrected chi connectivity index (χ1v) is 7.85. The Morgan fingerprint density at radius 2 is 1.42 bits per heavy atom. The lowest BCUT2D eigenvalue weighted by Gasteiger charge is -2.07. The summed E-state index contributed by atoms with van der Waals surface area (Å²) in [5, 5.41) is 10.6. The summed E-state index contributed by atoms with van der Waals surface area (Å²) in [7, 11) is 0. The molecule has 0 saturated heterocycles. The van der Waals surface area contributed by atoms with E-state index in [1.54, 1.807) is 24.3 Å². The number of carbonyl (C=O) groups is 1. The van der Waals surface area contributed by atoms with Crippen LogP contribution in [0.25, 0.3) is 0 Å². The summed E-state index contributed by atoms with van der Waals surface area (Å²) in [6, 6.07) is 21.7. The standard InChI is InChI=1S/C20H15NO5/c22-20(25-14-15-4-2-1-3-5-15)16-6-10-18(11-7-16)26-19-12-8-17(9-13-19)21(23)24/h1-13H,14H2. The summed E-state index contributed by atoms with van der Waals surface area (Å²) >= 11 is 0. The molecule has 3 aromatic rings. The van der Waals surface area contributed by atoms with Gasteiger partial charge in [-0.15, -0.1) is 0 Å². The number of carbonyl (C=O) groups excluding carboxylic acids is 1. The fourth-order valence-electron chi connectivity index (χ4n) is 2.24. The molecule has 6 heteroatoms. The van der Waals surface area contributed by atoms with Crippen molar-refractivity contribution in [3.8, 4) is 11.5 Å². The highest BCUT2D eigenvalue weighted by Gasteiger charge is 2.09. The second kappa shape index (κ2) is 7.94. The van der Waals surface area contributed by atoms with Gasteiger partial charge in [0, 0.05) is 12.1 Å². The van der Waals surface area contributed by atoms with Gasteiger partial charge in [0.2, 0.25) is 0 Å². The lowest BCUT2D eigenvalue weighted by Crippen LogP contribution is -2.05. The maximum Gasteiger partial charge on any atom is 0.338 e. The molecule has 3 aromatic carbocycles. The van der Waals surface area contributed by atoms with Gasteiger partial charge >= 0.3 is 5.97 Å². The Labute approximate surface area is 149 Å². The Balaban J connectivity index is 1.59. The molecular formula is C20H15NO5. The number of nitrogens with zero attached hydrogens (tertiary/aromatic N) is 1. The molecule has 0 aromatic heterocycles. The normalized spacial score (nSPS) is 10.2. The van der Waals surface area contributed by atoms with Crippen LogP contribution in [0.5, 0.6) is 11.5 Å². The van der Waals surface area contributed by atoms with E-state index in [1.807, 2.05) is 30.3 Å². The maximum atomic E-state index is 12.1. The van der Waals surface area contributed by atoms with E-state index in [0.717, 1.165) is 5.56 Å². The van der Waals surface area contributed by atoms with Gasteiger partial charge in [0.15, 0.2) is 0 Å². The van der Waals surface area contributed by atoms with E-state index >= 15 is 0 Å². The molecule has 130 valence electrons. The molecule has 0 bridgehead atoms. The van der Waals surface area contributed by atoms with Crippen molar-refractivity contribution in [2.45, 2.75) is 6.61 Å². The van der Waals surface area contributed by atoms with Crippen LogP contribution in [0.3, 0.4) is 0 Å². The van der Waals surface area contributed by atoms with Gasteiger partial charge in [-0.2, -0.15) is 0 Å².